The molecule has 13 heavy (non-hydrogen) atoms. The van der Waals surface area contributed by atoms with Crippen LogP contribution in [0.4, 0.5) is 0 Å². The van der Waals surface area contributed by atoms with Gasteiger partial charge in [0.05, 0.1) is 5.41 Å². The van der Waals surface area contributed by atoms with Crippen LogP contribution in [0.15, 0.2) is 0 Å². The molecule has 0 aliphatic rings. The van der Waals surface area contributed by atoms with E-state index in [1.54, 1.807) is 20.8 Å². The maximum Gasteiger partial charge on any atom is 0.309 e. The summed E-state index contributed by atoms with van der Waals surface area (Å²) in [6, 6.07) is 0. The molecule has 4 nitrogen and oxygen atoms in total. The summed E-state index contributed by atoms with van der Waals surface area (Å²) in [6.07, 6.45) is 0.0797. The molecule has 0 radical (unpaired) electrons. The van der Waals surface area contributed by atoms with Crippen LogP contribution < -0.4 is 0 Å². The van der Waals surface area contributed by atoms with Crippen molar-refractivity contribution in [1.29, 1.82) is 0 Å². The lowest BCUT2D eigenvalue weighted by atomic mass is 9.75. The van der Waals surface area contributed by atoms with Crippen LogP contribution in [0.2, 0.25) is 0 Å². The molecule has 4 heteroatoms. The smallest absolute Gasteiger partial charge is 0.309 e. The zero-order valence-electron chi connectivity index (χ0n) is 8.20. The van der Waals surface area contributed by atoms with E-state index in [2.05, 4.69) is 0 Å². The predicted molar refractivity (Wildman–Crippen MR) is 47.5 cm³/mol. The summed E-state index contributed by atoms with van der Waals surface area (Å²) in [5, 5.41) is 17.4. The van der Waals surface area contributed by atoms with Crippen molar-refractivity contribution >= 4 is 11.9 Å². The molecule has 0 saturated heterocycles. The Morgan fingerprint density at radius 3 is 2.00 bits per heavy atom. The van der Waals surface area contributed by atoms with Gasteiger partial charge in [-0.05, 0) is 19.3 Å². The van der Waals surface area contributed by atoms with Crippen LogP contribution in [-0.4, -0.2) is 22.2 Å². The minimum absolute atomic E-state index is 0.0654. The molecule has 0 aromatic carbocycles. The number of rotatable bonds is 5. The molecule has 0 aromatic rings. The Hall–Kier alpha value is -1.06. The monoisotopic (exact) mass is 188 g/mol. The lowest BCUT2D eigenvalue weighted by molar-refractivity contribution is -0.152. The summed E-state index contributed by atoms with van der Waals surface area (Å²) < 4.78 is 0. The number of hydrogen-bond acceptors (Lipinski definition) is 2. The average molecular weight is 188 g/mol. The van der Waals surface area contributed by atoms with Gasteiger partial charge in [-0.25, -0.2) is 0 Å². The fraction of sp³-hybridized carbons (Fsp3) is 0.778. The van der Waals surface area contributed by atoms with Crippen LogP contribution in [0.1, 0.15) is 33.6 Å². The second-order valence-electron chi connectivity index (χ2n) is 3.77. The van der Waals surface area contributed by atoms with Crippen molar-refractivity contribution in [2.24, 2.45) is 11.3 Å². The van der Waals surface area contributed by atoms with Gasteiger partial charge < -0.3 is 10.2 Å². The van der Waals surface area contributed by atoms with E-state index in [1.807, 2.05) is 0 Å². The van der Waals surface area contributed by atoms with E-state index >= 15 is 0 Å². The van der Waals surface area contributed by atoms with Crippen LogP contribution >= 0.6 is 0 Å². The molecule has 0 fully saturated rings. The summed E-state index contributed by atoms with van der Waals surface area (Å²) in [5.74, 6) is -1.94. The van der Waals surface area contributed by atoms with Crippen molar-refractivity contribution in [3.63, 3.8) is 0 Å². The number of hydrogen-bond donors (Lipinski definition) is 2. The molecular formula is C9H16O4. The Kier molecular flexibility index (Phi) is 3.91. The molecule has 1 unspecified atom stereocenters. The van der Waals surface area contributed by atoms with Crippen LogP contribution in [0, 0.1) is 11.3 Å². The van der Waals surface area contributed by atoms with Gasteiger partial charge in [0.2, 0.25) is 0 Å². The summed E-state index contributed by atoms with van der Waals surface area (Å²) in [6.45, 7) is 5.16. The first-order valence-electron chi connectivity index (χ1n) is 4.26. The van der Waals surface area contributed by atoms with Gasteiger partial charge in [0, 0.05) is 6.42 Å². The highest BCUT2D eigenvalue weighted by atomic mass is 16.4. The van der Waals surface area contributed by atoms with Crippen LogP contribution in [0.3, 0.4) is 0 Å². The van der Waals surface area contributed by atoms with E-state index < -0.39 is 17.4 Å². The maximum absolute atomic E-state index is 10.9. The third-order valence-corrected chi connectivity index (χ3v) is 2.62. The molecule has 0 aliphatic heterocycles. The van der Waals surface area contributed by atoms with Crippen molar-refractivity contribution in [1.82, 2.24) is 0 Å². The number of carboxylic acids is 2. The highest BCUT2D eigenvalue weighted by Crippen LogP contribution is 2.32. The Labute approximate surface area is 77.6 Å². The first-order valence-corrected chi connectivity index (χ1v) is 4.26. The summed E-state index contributed by atoms with van der Waals surface area (Å²) >= 11 is 0. The van der Waals surface area contributed by atoms with Crippen LogP contribution in [-0.2, 0) is 9.59 Å². The molecule has 0 aliphatic carbocycles. The van der Waals surface area contributed by atoms with E-state index in [0.717, 1.165) is 0 Å². The Bertz CT molecular complexity index is 210. The normalized spacial score (nSPS) is 15.4. The first-order chi connectivity index (χ1) is 5.80. The van der Waals surface area contributed by atoms with E-state index in [4.69, 9.17) is 10.2 Å². The Balaban J connectivity index is 4.43. The number of aliphatic carboxylic acids is 2. The molecule has 0 heterocycles. The Morgan fingerprint density at radius 1 is 1.31 bits per heavy atom. The van der Waals surface area contributed by atoms with Gasteiger partial charge in [0.1, 0.15) is 0 Å². The standard InChI is InChI=1S/C9H16O4/c1-6(2)9(3,8(12)13)5-4-7(10)11/h6H,4-5H2,1-3H3,(H,10,11)(H,12,13). The van der Waals surface area contributed by atoms with E-state index in [-0.39, 0.29) is 18.8 Å². The molecule has 0 bridgehead atoms. The maximum atomic E-state index is 10.9. The number of carbonyl (C=O) groups is 2. The van der Waals surface area contributed by atoms with E-state index in [0.29, 0.717) is 0 Å². The summed E-state index contributed by atoms with van der Waals surface area (Å²) in [7, 11) is 0. The van der Waals surface area contributed by atoms with Crippen molar-refractivity contribution in [3.8, 4) is 0 Å². The zero-order chi connectivity index (χ0) is 10.6. The van der Waals surface area contributed by atoms with Crippen molar-refractivity contribution in [2.45, 2.75) is 33.6 Å². The van der Waals surface area contributed by atoms with Crippen LogP contribution in [0.25, 0.3) is 0 Å². The molecule has 1 atom stereocenters. The lowest BCUT2D eigenvalue weighted by Gasteiger charge is -2.28. The second kappa shape index (κ2) is 4.25. The lowest BCUT2D eigenvalue weighted by Crippen LogP contribution is -2.33. The van der Waals surface area contributed by atoms with Crippen molar-refractivity contribution in [2.75, 3.05) is 0 Å². The third-order valence-electron chi connectivity index (χ3n) is 2.62. The second-order valence-corrected chi connectivity index (χ2v) is 3.77. The van der Waals surface area contributed by atoms with Gasteiger partial charge in [-0.3, -0.25) is 9.59 Å². The van der Waals surface area contributed by atoms with Gasteiger partial charge in [-0.15, -0.1) is 0 Å². The molecule has 0 rings (SSSR count). The van der Waals surface area contributed by atoms with Gasteiger partial charge in [-0.1, -0.05) is 13.8 Å². The average Bonchev–Trinajstić information content (AvgIpc) is 1.99. The van der Waals surface area contributed by atoms with Gasteiger partial charge in [-0.2, -0.15) is 0 Å². The van der Waals surface area contributed by atoms with Crippen LogP contribution in [0.5, 0.6) is 0 Å². The first kappa shape index (κ1) is 11.9. The van der Waals surface area contributed by atoms with Gasteiger partial charge in [0.15, 0.2) is 0 Å². The fourth-order valence-electron chi connectivity index (χ4n) is 1.01. The van der Waals surface area contributed by atoms with Gasteiger partial charge in [0.25, 0.3) is 0 Å². The van der Waals surface area contributed by atoms with E-state index in [9.17, 15) is 9.59 Å². The van der Waals surface area contributed by atoms with E-state index in [1.165, 1.54) is 0 Å². The fourth-order valence-corrected chi connectivity index (χ4v) is 1.01. The molecule has 0 spiro atoms. The highest BCUT2D eigenvalue weighted by Gasteiger charge is 2.36. The predicted octanol–water partition coefficient (Wildman–Crippen LogP) is 1.60. The molecule has 76 valence electrons. The molecule has 0 amide bonds. The Morgan fingerprint density at radius 2 is 1.77 bits per heavy atom. The summed E-state index contributed by atoms with van der Waals surface area (Å²) in [5.41, 5.74) is -0.932. The third kappa shape index (κ3) is 3.05. The topological polar surface area (TPSA) is 74.6 Å². The molecule has 0 aromatic heterocycles. The summed E-state index contributed by atoms with van der Waals surface area (Å²) in [4.78, 5) is 21.2. The minimum Gasteiger partial charge on any atom is -0.481 e. The quantitative estimate of drug-likeness (QED) is 0.687. The van der Waals surface area contributed by atoms with Gasteiger partial charge >= 0.3 is 11.9 Å². The molecule has 2 N–H and O–H groups in total. The zero-order valence-corrected chi connectivity index (χ0v) is 8.20. The highest BCUT2D eigenvalue weighted by molar-refractivity contribution is 5.75. The molecular weight excluding hydrogens is 172 g/mol. The largest absolute Gasteiger partial charge is 0.481 e. The van der Waals surface area contributed by atoms with Crippen molar-refractivity contribution in [3.05, 3.63) is 0 Å². The SMILES string of the molecule is CC(C)C(C)(CCC(=O)O)C(=O)O. The number of carboxylic acid groups (broad SMARTS) is 2. The molecule has 0 saturated carbocycles. The van der Waals surface area contributed by atoms with Crippen molar-refractivity contribution < 1.29 is 19.8 Å². The minimum atomic E-state index is -0.951.